The van der Waals surface area contributed by atoms with E-state index < -0.39 is 6.10 Å². The maximum absolute atomic E-state index is 12.7. The van der Waals surface area contributed by atoms with Gasteiger partial charge in [0.2, 0.25) is 5.89 Å². The predicted octanol–water partition coefficient (Wildman–Crippen LogP) is 6.12. The number of benzene rings is 3. The minimum absolute atomic E-state index is 0.232. The fraction of sp³-hybridized carbons (Fsp3) is 0.0833. The van der Waals surface area contributed by atoms with Crippen LogP contribution >= 0.6 is 11.3 Å². The number of hydrogen-bond acceptors (Lipinski definition) is 5. The molecule has 30 heavy (non-hydrogen) atoms. The number of hydrogen-bond donors (Lipinski definition) is 1. The molecule has 0 aliphatic rings. The molecular weight excluding hydrogens is 396 g/mol. The van der Waals surface area contributed by atoms with Crippen molar-refractivity contribution in [2.24, 2.45) is 0 Å². The molecule has 0 bridgehead atoms. The van der Waals surface area contributed by atoms with Crippen molar-refractivity contribution in [3.63, 3.8) is 0 Å². The number of carbonyl (C=O) groups excluding carboxylic acids is 1. The summed E-state index contributed by atoms with van der Waals surface area (Å²) in [7, 11) is 0. The first-order chi connectivity index (χ1) is 14.7. The van der Waals surface area contributed by atoms with E-state index in [0.29, 0.717) is 28.4 Å². The molecule has 0 fully saturated rings. The zero-order valence-corrected chi connectivity index (χ0v) is 17.0. The zero-order valence-electron chi connectivity index (χ0n) is 16.2. The molecule has 1 atom stereocenters. The average Bonchev–Trinajstić information content (AvgIpc) is 3.43. The number of fused-ring (bicyclic) bond motifs is 2. The molecule has 0 spiro atoms. The van der Waals surface area contributed by atoms with Crippen molar-refractivity contribution in [1.82, 2.24) is 4.98 Å². The lowest BCUT2D eigenvalue weighted by atomic mass is 10.1. The maximum Gasteiger partial charge on any atom is 0.265 e. The van der Waals surface area contributed by atoms with Crippen molar-refractivity contribution in [2.45, 2.75) is 13.0 Å². The second-order valence-electron chi connectivity index (χ2n) is 6.91. The topological polar surface area (TPSA) is 64.4 Å². The highest BCUT2D eigenvalue weighted by Gasteiger charge is 2.17. The van der Waals surface area contributed by atoms with Gasteiger partial charge in [-0.05, 0) is 48.0 Å². The van der Waals surface area contributed by atoms with Crippen LogP contribution in [0.15, 0.2) is 82.6 Å². The van der Waals surface area contributed by atoms with Crippen molar-refractivity contribution in [3.05, 3.63) is 78.2 Å². The van der Waals surface area contributed by atoms with Gasteiger partial charge < -0.3 is 14.5 Å². The van der Waals surface area contributed by atoms with Crippen LogP contribution in [-0.2, 0) is 4.79 Å². The molecule has 5 aromatic rings. The highest BCUT2D eigenvalue weighted by Crippen LogP contribution is 2.29. The number of oxazole rings is 1. The third-order valence-corrected chi connectivity index (χ3v) is 5.67. The molecule has 0 saturated heterocycles. The van der Waals surface area contributed by atoms with Crippen molar-refractivity contribution in [2.75, 3.05) is 5.32 Å². The third-order valence-electron chi connectivity index (χ3n) is 4.81. The van der Waals surface area contributed by atoms with Gasteiger partial charge in [0.15, 0.2) is 11.7 Å². The predicted molar refractivity (Wildman–Crippen MR) is 120 cm³/mol. The number of rotatable bonds is 5. The summed E-state index contributed by atoms with van der Waals surface area (Å²) < 4.78 is 11.8. The second-order valence-corrected chi connectivity index (χ2v) is 7.85. The Morgan fingerprint density at radius 1 is 1.07 bits per heavy atom. The summed E-state index contributed by atoms with van der Waals surface area (Å²) in [6.07, 6.45) is -0.662. The molecular formula is C24H18N2O3S. The number of nitrogens with one attached hydrogen (secondary N) is 1. The van der Waals surface area contributed by atoms with Crippen LogP contribution in [0.2, 0.25) is 0 Å². The first kappa shape index (κ1) is 18.4. The lowest BCUT2D eigenvalue weighted by Crippen LogP contribution is -2.30. The van der Waals surface area contributed by atoms with Gasteiger partial charge in [-0.1, -0.05) is 42.5 Å². The summed E-state index contributed by atoms with van der Waals surface area (Å²) in [6, 6.07) is 23.1. The first-order valence-electron chi connectivity index (χ1n) is 9.57. The lowest BCUT2D eigenvalue weighted by Gasteiger charge is -2.16. The summed E-state index contributed by atoms with van der Waals surface area (Å²) in [4.78, 5) is 18.2. The SMILES string of the molecule is C[C@@H](Oc1cccc2ccccc12)C(=O)Nc1ccc2oc(-c3cccs3)nc2c1. The number of anilines is 1. The quantitative estimate of drug-likeness (QED) is 0.376. The normalized spacial score (nSPS) is 12.2. The van der Waals surface area contributed by atoms with Gasteiger partial charge in [-0.2, -0.15) is 0 Å². The number of ether oxygens (including phenoxy) is 1. The number of amides is 1. The van der Waals surface area contributed by atoms with E-state index in [4.69, 9.17) is 9.15 Å². The molecule has 1 amide bonds. The summed E-state index contributed by atoms with van der Waals surface area (Å²) in [5.74, 6) is 1.03. The first-order valence-corrected chi connectivity index (χ1v) is 10.4. The van der Waals surface area contributed by atoms with E-state index in [-0.39, 0.29) is 5.91 Å². The minimum Gasteiger partial charge on any atom is -0.480 e. The Morgan fingerprint density at radius 2 is 1.93 bits per heavy atom. The Hall–Kier alpha value is -3.64. The molecule has 0 saturated carbocycles. The van der Waals surface area contributed by atoms with Gasteiger partial charge in [0.1, 0.15) is 11.3 Å². The Balaban J connectivity index is 1.33. The van der Waals surface area contributed by atoms with Crippen LogP contribution in [0, 0.1) is 0 Å². The number of thiophene rings is 1. The van der Waals surface area contributed by atoms with Crippen LogP contribution in [0.4, 0.5) is 5.69 Å². The van der Waals surface area contributed by atoms with Crippen molar-refractivity contribution < 1.29 is 13.9 Å². The van der Waals surface area contributed by atoms with Crippen LogP contribution in [-0.4, -0.2) is 17.0 Å². The van der Waals surface area contributed by atoms with Gasteiger partial charge in [-0.25, -0.2) is 4.98 Å². The minimum atomic E-state index is -0.662. The Labute approximate surface area is 176 Å². The number of aromatic nitrogens is 1. The maximum atomic E-state index is 12.7. The molecule has 148 valence electrons. The molecule has 2 heterocycles. The van der Waals surface area contributed by atoms with Gasteiger partial charge in [0, 0.05) is 11.1 Å². The Bertz CT molecular complexity index is 1340. The van der Waals surface area contributed by atoms with E-state index in [9.17, 15) is 4.79 Å². The molecule has 0 unspecified atom stereocenters. The molecule has 0 aliphatic carbocycles. The molecule has 0 aliphatic heterocycles. The van der Waals surface area contributed by atoms with Crippen LogP contribution in [0.25, 0.3) is 32.6 Å². The molecule has 2 aromatic heterocycles. The summed E-state index contributed by atoms with van der Waals surface area (Å²) in [5.41, 5.74) is 2.02. The van der Waals surface area contributed by atoms with E-state index in [1.807, 2.05) is 66.0 Å². The zero-order chi connectivity index (χ0) is 20.5. The molecule has 6 heteroatoms. The van der Waals surface area contributed by atoms with Gasteiger partial charge in [-0.15, -0.1) is 11.3 Å². The monoisotopic (exact) mass is 414 g/mol. The fourth-order valence-electron chi connectivity index (χ4n) is 3.30. The molecule has 5 nitrogen and oxygen atoms in total. The molecule has 1 N–H and O–H groups in total. The van der Waals surface area contributed by atoms with Crippen LogP contribution in [0.1, 0.15) is 6.92 Å². The summed E-state index contributed by atoms with van der Waals surface area (Å²) >= 11 is 1.57. The smallest absolute Gasteiger partial charge is 0.265 e. The molecule has 5 rings (SSSR count). The largest absolute Gasteiger partial charge is 0.480 e. The number of carbonyl (C=O) groups is 1. The lowest BCUT2D eigenvalue weighted by molar-refractivity contribution is -0.122. The van der Waals surface area contributed by atoms with Crippen LogP contribution < -0.4 is 10.1 Å². The second kappa shape index (κ2) is 7.65. The van der Waals surface area contributed by atoms with Crippen molar-refractivity contribution >= 4 is 44.8 Å². The van der Waals surface area contributed by atoms with Gasteiger partial charge in [0.25, 0.3) is 5.91 Å². The van der Waals surface area contributed by atoms with Gasteiger partial charge in [0.05, 0.1) is 4.88 Å². The summed E-state index contributed by atoms with van der Waals surface area (Å²) in [6.45, 7) is 1.74. The van der Waals surface area contributed by atoms with Crippen LogP contribution in [0.3, 0.4) is 0 Å². The van der Waals surface area contributed by atoms with E-state index in [1.165, 1.54) is 0 Å². The standard InChI is InChI=1S/C24H18N2O3S/c1-15(28-20-9-4-7-16-6-2-3-8-18(16)20)23(27)25-17-11-12-21-19(14-17)26-24(29-21)22-10-5-13-30-22/h2-15H,1H3,(H,25,27)/t15-/m1/s1. The molecule has 0 radical (unpaired) electrons. The molecule has 3 aromatic carbocycles. The van der Waals surface area contributed by atoms with E-state index in [1.54, 1.807) is 30.4 Å². The van der Waals surface area contributed by atoms with E-state index in [0.717, 1.165) is 15.6 Å². The highest BCUT2D eigenvalue weighted by atomic mass is 32.1. The third kappa shape index (κ3) is 3.53. The van der Waals surface area contributed by atoms with Gasteiger partial charge >= 0.3 is 0 Å². The van der Waals surface area contributed by atoms with Gasteiger partial charge in [-0.3, -0.25) is 4.79 Å². The Morgan fingerprint density at radius 3 is 2.80 bits per heavy atom. The number of nitrogens with zero attached hydrogens (tertiary/aromatic N) is 1. The van der Waals surface area contributed by atoms with Crippen LogP contribution in [0.5, 0.6) is 5.75 Å². The Kier molecular flexibility index (Phi) is 4.69. The highest BCUT2D eigenvalue weighted by molar-refractivity contribution is 7.13. The van der Waals surface area contributed by atoms with E-state index in [2.05, 4.69) is 10.3 Å². The van der Waals surface area contributed by atoms with Crippen molar-refractivity contribution in [3.8, 4) is 16.5 Å². The fourth-order valence-corrected chi connectivity index (χ4v) is 3.95. The van der Waals surface area contributed by atoms with E-state index >= 15 is 0 Å². The summed E-state index contributed by atoms with van der Waals surface area (Å²) in [5, 5.41) is 6.93. The average molecular weight is 414 g/mol. The van der Waals surface area contributed by atoms with Crippen molar-refractivity contribution in [1.29, 1.82) is 0 Å².